The maximum absolute atomic E-state index is 13.1. The highest BCUT2D eigenvalue weighted by atomic mass is 16.2. The molecule has 0 spiro atoms. The first-order valence-electron chi connectivity index (χ1n) is 10.2. The Balaban J connectivity index is 1.72. The Bertz CT molecular complexity index is 1060. The Morgan fingerprint density at radius 1 is 0.531 bits per heavy atom. The lowest BCUT2D eigenvalue weighted by atomic mass is 9.93. The monoisotopic (exact) mass is 422 g/mol. The van der Waals surface area contributed by atoms with Gasteiger partial charge in [-0.2, -0.15) is 0 Å². The average molecular weight is 422 g/mol. The quantitative estimate of drug-likeness (QED) is 0.469. The molecule has 0 fully saturated rings. The lowest BCUT2D eigenvalue weighted by Gasteiger charge is -2.30. The van der Waals surface area contributed by atoms with E-state index in [1.54, 1.807) is 49.1 Å². The van der Waals surface area contributed by atoms with Crippen molar-refractivity contribution in [1.82, 2.24) is 20.6 Å². The van der Waals surface area contributed by atoms with Crippen molar-refractivity contribution in [2.24, 2.45) is 0 Å². The Morgan fingerprint density at radius 3 is 1.22 bits per heavy atom. The van der Waals surface area contributed by atoms with E-state index in [-0.39, 0.29) is 11.8 Å². The third kappa shape index (κ3) is 5.05. The van der Waals surface area contributed by atoms with Crippen LogP contribution in [0.1, 0.15) is 43.9 Å². The Labute approximate surface area is 186 Å². The van der Waals surface area contributed by atoms with Crippen LogP contribution in [0.15, 0.2) is 110 Å². The van der Waals surface area contributed by atoms with Crippen molar-refractivity contribution in [2.75, 3.05) is 0 Å². The second-order valence-electron chi connectivity index (χ2n) is 7.20. The molecule has 0 aliphatic rings. The van der Waals surface area contributed by atoms with Crippen LogP contribution in [0.5, 0.6) is 0 Å². The van der Waals surface area contributed by atoms with Gasteiger partial charge in [0.2, 0.25) is 0 Å². The van der Waals surface area contributed by atoms with E-state index in [4.69, 9.17) is 0 Å². The van der Waals surface area contributed by atoms with Crippen LogP contribution < -0.4 is 10.6 Å². The van der Waals surface area contributed by atoms with Gasteiger partial charge in [-0.1, -0.05) is 36.4 Å². The summed E-state index contributed by atoms with van der Waals surface area (Å²) in [6.45, 7) is 0. The van der Waals surface area contributed by atoms with Crippen LogP contribution in [0.4, 0.5) is 0 Å². The molecule has 32 heavy (non-hydrogen) atoms. The minimum atomic E-state index is -0.541. The second-order valence-corrected chi connectivity index (χ2v) is 7.20. The normalized spacial score (nSPS) is 12.4. The number of hydrogen-bond donors (Lipinski definition) is 2. The van der Waals surface area contributed by atoms with E-state index in [1.165, 1.54) is 0 Å². The van der Waals surface area contributed by atoms with Gasteiger partial charge in [-0.3, -0.25) is 19.6 Å². The van der Waals surface area contributed by atoms with Crippen LogP contribution in [0.3, 0.4) is 0 Å². The van der Waals surface area contributed by atoms with Crippen LogP contribution in [-0.2, 0) is 0 Å². The third-order valence-corrected chi connectivity index (χ3v) is 5.11. The van der Waals surface area contributed by atoms with E-state index >= 15 is 0 Å². The number of hydrogen-bond acceptors (Lipinski definition) is 4. The zero-order valence-electron chi connectivity index (χ0n) is 17.3. The summed E-state index contributed by atoms with van der Waals surface area (Å²) in [6, 6.07) is 24.2. The summed E-state index contributed by atoms with van der Waals surface area (Å²) in [5, 5.41) is 6.21. The molecular formula is C26H22N4O2. The summed E-state index contributed by atoms with van der Waals surface area (Å²) in [7, 11) is 0. The zero-order valence-corrected chi connectivity index (χ0v) is 17.3. The SMILES string of the molecule is O=C(NC(c1ccncc1)C(NC(=O)c1ccccc1)c1ccncc1)c1ccccc1. The fourth-order valence-electron chi connectivity index (χ4n) is 3.49. The maximum Gasteiger partial charge on any atom is 0.251 e. The fourth-order valence-corrected chi connectivity index (χ4v) is 3.49. The Kier molecular flexibility index (Phi) is 6.63. The van der Waals surface area contributed by atoms with Gasteiger partial charge < -0.3 is 10.6 Å². The van der Waals surface area contributed by atoms with Crippen LogP contribution >= 0.6 is 0 Å². The molecule has 0 radical (unpaired) electrons. The fraction of sp³-hybridized carbons (Fsp3) is 0.0769. The second kappa shape index (κ2) is 10.1. The minimum absolute atomic E-state index is 0.236. The first-order chi connectivity index (χ1) is 15.7. The van der Waals surface area contributed by atoms with Gasteiger partial charge in [-0.15, -0.1) is 0 Å². The van der Waals surface area contributed by atoms with E-state index in [9.17, 15) is 9.59 Å². The molecule has 6 nitrogen and oxygen atoms in total. The molecule has 0 saturated heterocycles. The summed E-state index contributed by atoms with van der Waals surface area (Å²) in [5.41, 5.74) is 2.71. The molecule has 2 amide bonds. The lowest BCUT2D eigenvalue weighted by Crippen LogP contribution is -2.40. The molecule has 6 heteroatoms. The van der Waals surface area contributed by atoms with Crippen molar-refractivity contribution >= 4 is 11.8 Å². The summed E-state index contributed by atoms with van der Waals surface area (Å²) in [4.78, 5) is 34.3. The average Bonchev–Trinajstić information content (AvgIpc) is 2.88. The standard InChI is InChI=1S/C26H22N4O2/c31-25(21-7-3-1-4-8-21)29-23(19-11-15-27-16-12-19)24(20-13-17-28-18-14-20)30-26(32)22-9-5-2-6-10-22/h1-18,23-24H,(H,29,31)(H,30,32). The number of carbonyl (C=O) groups excluding carboxylic acids is 2. The van der Waals surface area contributed by atoms with Gasteiger partial charge in [0, 0.05) is 35.9 Å². The number of carbonyl (C=O) groups is 2. The van der Waals surface area contributed by atoms with Crippen molar-refractivity contribution in [3.05, 3.63) is 132 Å². The molecule has 0 saturated carbocycles. The van der Waals surface area contributed by atoms with Gasteiger partial charge in [-0.05, 0) is 59.7 Å². The number of pyridine rings is 2. The molecule has 2 heterocycles. The van der Waals surface area contributed by atoms with E-state index in [0.29, 0.717) is 11.1 Å². The number of rotatable bonds is 7. The van der Waals surface area contributed by atoms with Crippen LogP contribution in [0, 0.1) is 0 Å². The molecule has 2 atom stereocenters. The summed E-state index contributed by atoms with van der Waals surface area (Å²) >= 11 is 0. The molecule has 158 valence electrons. The molecule has 2 aromatic carbocycles. The van der Waals surface area contributed by atoms with Crippen LogP contribution in [0.2, 0.25) is 0 Å². The zero-order chi connectivity index (χ0) is 22.2. The molecule has 2 N–H and O–H groups in total. The number of nitrogens with zero attached hydrogens (tertiary/aromatic N) is 2. The predicted octanol–water partition coefficient (Wildman–Crippen LogP) is 4.12. The summed E-state index contributed by atoms with van der Waals surface area (Å²) < 4.78 is 0. The Morgan fingerprint density at radius 2 is 0.875 bits per heavy atom. The number of benzene rings is 2. The predicted molar refractivity (Wildman–Crippen MR) is 122 cm³/mol. The van der Waals surface area contributed by atoms with Crippen molar-refractivity contribution in [3.63, 3.8) is 0 Å². The first-order valence-corrected chi connectivity index (χ1v) is 10.2. The molecule has 4 rings (SSSR count). The van der Waals surface area contributed by atoms with Crippen LogP contribution in [-0.4, -0.2) is 21.8 Å². The summed E-state index contributed by atoms with van der Waals surface area (Å²) in [6.07, 6.45) is 6.67. The van der Waals surface area contributed by atoms with Gasteiger partial charge in [0.15, 0.2) is 0 Å². The van der Waals surface area contributed by atoms with Gasteiger partial charge in [0.05, 0.1) is 12.1 Å². The van der Waals surface area contributed by atoms with E-state index < -0.39 is 12.1 Å². The minimum Gasteiger partial charge on any atom is -0.343 e. The Hall–Kier alpha value is -4.32. The lowest BCUT2D eigenvalue weighted by molar-refractivity contribution is 0.0881. The number of aromatic nitrogens is 2. The highest BCUT2D eigenvalue weighted by molar-refractivity contribution is 5.95. The summed E-state index contributed by atoms with van der Waals surface area (Å²) in [5.74, 6) is -0.471. The smallest absolute Gasteiger partial charge is 0.251 e. The molecule has 0 aliphatic heterocycles. The van der Waals surface area contributed by atoms with Crippen molar-refractivity contribution in [2.45, 2.75) is 12.1 Å². The number of amides is 2. The topological polar surface area (TPSA) is 84.0 Å². The molecular weight excluding hydrogens is 400 g/mol. The van der Waals surface area contributed by atoms with Gasteiger partial charge >= 0.3 is 0 Å². The third-order valence-electron chi connectivity index (χ3n) is 5.11. The highest BCUT2D eigenvalue weighted by Crippen LogP contribution is 2.29. The van der Waals surface area contributed by atoms with Crippen LogP contribution in [0.25, 0.3) is 0 Å². The van der Waals surface area contributed by atoms with Gasteiger partial charge in [0.25, 0.3) is 11.8 Å². The molecule has 4 aromatic rings. The maximum atomic E-state index is 13.1. The molecule has 2 aromatic heterocycles. The number of nitrogens with one attached hydrogen (secondary N) is 2. The van der Waals surface area contributed by atoms with Crippen molar-refractivity contribution in [1.29, 1.82) is 0 Å². The molecule has 2 unspecified atom stereocenters. The molecule has 0 bridgehead atoms. The van der Waals surface area contributed by atoms with E-state index in [2.05, 4.69) is 20.6 Å². The first kappa shape index (κ1) is 20.9. The van der Waals surface area contributed by atoms with Crippen molar-refractivity contribution < 1.29 is 9.59 Å². The highest BCUT2D eigenvalue weighted by Gasteiger charge is 2.29. The molecule has 0 aliphatic carbocycles. The van der Waals surface area contributed by atoms with E-state index in [1.807, 2.05) is 60.7 Å². The van der Waals surface area contributed by atoms with E-state index in [0.717, 1.165) is 11.1 Å². The van der Waals surface area contributed by atoms with Crippen molar-refractivity contribution in [3.8, 4) is 0 Å². The van der Waals surface area contributed by atoms with Gasteiger partial charge in [0.1, 0.15) is 0 Å². The van der Waals surface area contributed by atoms with Gasteiger partial charge in [-0.25, -0.2) is 0 Å². The largest absolute Gasteiger partial charge is 0.343 e.